The summed E-state index contributed by atoms with van der Waals surface area (Å²) in [5, 5.41) is 4.68. The van der Waals surface area contributed by atoms with Crippen LogP contribution in [0.4, 0.5) is 0 Å². The van der Waals surface area contributed by atoms with Gasteiger partial charge in [0.2, 0.25) is 10.0 Å². The van der Waals surface area contributed by atoms with Gasteiger partial charge < -0.3 is 0 Å². The predicted octanol–water partition coefficient (Wildman–Crippen LogP) is 4.55. The minimum Gasteiger partial charge on any atom is -0.266 e. The Hall–Kier alpha value is -2.44. The van der Waals surface area contributed by atoms with Crippen LogP contribution in [-0.4, -0.2) is 35.6 Å². The molecule has 0 amide bonds. The molecule has 0 saturated heterocycles. The Bertz CT molecular complexity index is 1040. The molecule has 0 N–H and O–H groups in total. The normalized spacial score (nSPS) is 15.7. The molecule has 1 aliphatic rings. The lowest BCUT2D eigenvalue weighted by atomic mass is 9.96. The van der Waals surface area contributed by atoms with E-state index >= 15 is 0 Å². The van der Waals surface area contributed by atoms with Gasteiger partial charge in [0, 0.05) is 24.8 Å². The molecule has 0 aliphatic heterocycles. The third kappa shape index (κ3) is 4.28. The van der Waals surface area contributed by atoms with Crippen molar-refractivity contribution in [3.63, 3.8) is 0 Å². The van der Waals surface area contributed by atoms with Crippen molar-refractivity contribution in [3.8, 4) is 11.3 Å². The molecule has 1 saturated carbocycles. The molecule has 4 rings (SSSR count). The predicted molar refractivity (Wildman–Crippen MR) is 115 cm³/mol. The highest BCUT2D eigenvalue weighted by Crippen LogP contribution is 2.31. The number of hydrogen-bond acceptors (Lipinski definition) is 3. The fraction of sp³-hybridized carbons (Fsp3) is 0.348. The minimum absolute atomic E-state index is 0.0647. The zero-order valence-corrected chi connectivity index (χ0v) is 17.6. The van der Waals surface area contributed by atoms with Gasteiger partial charge in [0.1, 0.15) is 10.6 Å². The molecule has 0 unspecified atom stereocenters. The zero-order valence-electron chi connectivity index (χ0n) is 16.7. The van der Waals surface area contributed by atoms with Crippen LogP contribution in [0.5, 0.6) is 0 Å². The van der Waals surface area contributed by atoms with Crippen LogP contribution in [0, 0.1) is 0 Å². The highest BCUT2D eigenvalue weighted by Gasteiger charge is 2.33. The first-order chi connectivity index (χ1) is 14.1. The molecule has 0 bridgehead atoms. The van der Waals surface area contributed by atoms with Crippen LogP contribution >= 0.6 is 0 Å². The Morgan fingerprint density at radius 2 is 1.59 bits per heavy atom. The molecular formula is C23H27N3O2S. The molecule has 1 aromatic heterocycles. The summed E-state index contributed by atoms with van der Waals surface area (Å²) in [7, 11) is -1.92. The van der Waals surface area contributed by atoms with Gasteiger partial charge in [0.05, 0.1) is 6.54 Å². The molecule has 3 aromatic rings. The molecule has 6 heteroatoms. The van der Waals surface area contributed by atoms with E-state index in [4.69, 9.17) is 0 Å². The van der Waals surface area contributed by atoms with E-state index in [1.54, 1.807) is 22.2 Å². The molecule has 0 spiro atoms. The second-order valence-corrected chi connectivity index (χ2v) is 9.67. The van der Waals surface area contributed by atoms with Gasteiger partial charge in [-0.15, -0.1) is 0 Å². The lowest BCUT2D eigenvalue weighted by molar-refractivity contribution is 0.286. The van der Waals surface area contributed by atoms with Crippen molar-refractivity contribution in [3.05, 3.63) is 72.4 Å². The van der Waals surface area contributed by atoms with Crippen LogP contribution in [0.25, 0.3) is 11.3 Å². The fourth-order valence-corrected chi connectivity index (χ4v) is 5.61. The first-order valence-electron chi connectivity index (χ1n) is 10.2. The Kier molecular flexibility index (Phi) is 5.83. The maximum atomic E-state index is 13.6. The average molecular weight is 410 g/mol. The Balaban J connectivity index is 1.74. The summed E-state index contributed by atoms with van der Waals surface area (Å²) in [5.74, 6) is 0. The summed E-state index contributed by atoms with van der Waals surface area (Å²) in [4.78, 5) is 0.285. The van der Waals surface area contributed by atoms with Gasteiger partial charge >= 0.3 is 0 Å². The van der Waals surface area contributed by atoms with Crippen LogP contribution in [0.1, 0.15) is 37.7 Å². The number of benzene rings is 2. The highest BCUT2D eigenvalue weighted by atomic mass is 32.2. The molecular weight excluding hydrogens is 382 g/mol. The lowest BCUT2D eigenvalue weighted by Crippen LogP contribution is -2.38. The summed E-state index contributed by atoms with van der Waals surface area (Å²) < 4.78 is 30.4. The molecule has 2 aromatic carbocycles. The fourth-order valence-electron chi connectivity index (χ4n) is 4.04. The first-order valence-corrected chi connectivity index (χ1v) is 11.6. The van der Waals surface area contributed by atoms with Crippen molar-refractivity contribution < 1.29 is 8.42 Å². The standard InChI is InChI=1S/C23H27N3O2S/c1-25(21-15-9-4-10-16-21)29(27,28)22-18-26(17-19-11-5-2-6-12-19)24-23(22)20-13-7-3-8-14-20/h2-3,5-8,11-14,18,21H,4,9-10,15-17H2,1H3. The summed E-state index contributed by atoms with van der Waals surface area (Å²) in [6, 6.07) is 19.6. The number of hydrogen-bond donors (Lipinski definition) is 0. The number of rotatable bonds is 6. The monoisotopic (exact) mass is 409 g/mol. The lowest BCUT2D eigenvalue weighted by Gasteiger charge is -2.30. The molecule has 1 heterocycles. The Morgan fingerprint density at radius 1 is 0.966 bits per heavy atom. The van der Waals surface area contributed by atoms with Crippen LogP contribution in [0.15, 0.2) is 71.8 Å². The quantitative estimate of drug-likeness (QED) is 0.600. The van der Waals surface area contributed by atoms with Gasteiger partial charge in [-0.2, -0.15) is 9.40 Å². The molecule has 1 aliphatic carbocycles. The van der Waals surface area contributed by atoms with Crippen molar-refractivity contribution in [1.82, 2.24) is 14.1 Å². The van der Waals surface area contributed by atoms with Gasteiger partial charge in [-0.1, -0.05) is 79.9 Å². The van der Waals surface area contributed by atoms with Crippen LogP contribution in [-0.2, 0) is 16.6 Å². The van der Waals surface area contributed by atoms with Gasteiger partial charge in [-0.05, 0) is 18.4 Å². The van der Waals surface area contributed by atoms with Gasteiger partial charge in [0.25, 0.3) is 0 Å². The molecule has 29 heavy (non-hydrogen) atoms. The Morgan fingerprint density at radius 3 is 2.24 bits per heavy atom. The van der Waals surface area contributed by atoms with Crippen molar-refractivity contribution in [1.29, 1.82) is 0 Å². The zero-order chi connectivity index (χ0) is 20.3. The van der Waals surface area contributed by atoms with Crippen LogP contribution < -0.4 is 0 Å². The van der Waals surface area contributed by atoms with Gasteiger partial charge in [-0.3, -0.25) is 4.68 Å². The number of sulfonamides is 1. The SMILES string of the molecule is CN(C1CCCCC1)S(=O)(=O)c1cn(Cc2ccccc2)nc1-c1ccccc1. The summed E-state index contributed by atoms with van der Waals surface area (Å²) in [6.45, 7) is 0.531. The second kappa shape index (κ2) is 8.51. The maximum Gasteiger partial charge on any atom is 0.246 e. The average Bonchev–Trinajstić information content (AvgIpc) is 3.20. The second-order valence-electron chi connectivity index (χ2n) is 7.70. The van der Waals surface area contributed by atoms with E-state index in [9.17, 15) is 8.42 Å². The summed E-state index contributed by atoms with van der Waals surface area (Å²) >= 11 is 0. The van der Waals surface area contributed by atoms with Crippen LogP contribution in [0.3, 0.4) is 0 Å². The van der Waals surface area contributed by atoms with Gasteiger partial charge in [0.15, 0.2) is 0 Å². The number of nitrogens with zero attached hydrogens (tertiary/aromatic N) is 3. The molecule has 0 atom stereocenters. The van der Waals surface area contributed by atoms with Crippen molar-refractivity contribution in [2.75, 3.05) is 7.05 Å². The minimum atomic E-state index is -3.64. The van der Waals surface area contributed by atoms with E-state index < -0.39 is 10.0 Å². The summed E-state index contributed by atoms with van der Waals surface area (Å²) in [5.41, 5.74) is 2.42. The Labute approximate surface area is 173 Å². The van der Waals surface area contributed by atoms with Crippen molar-refractivity contribution >= 4 is 10.0 Å². The highest BCUT2D eigenvalue weighted by molar-refractivity contribution is 7.89. The molecule has 0 radical (unpaired) electrons. The largest absolute Gasteiger partial charge is 0.266 e. The van der Waals surface area contributed by atoms with E-state index in [0.29, 0.717) is 12.2 Å². The topological polar surface area (TPSA) is 55.2 Å². The molecule has 1 fully saturated rings. The first kappa shape index (κ1) is 19.9. The van der Waals surface area contributed by atoms with E-state index in [2.05, 4.69) is 5.10 Å². The molecule has 152 valence electrons. The third-order valence-corrected chi connectivity index (χ3v) is 7.62. The molecule has 5 nitrogen and oxygen atoms in total. The van der Waals surface area contributed by atoms with Crippen molar-refractivity contribution in [2.45, 2.75) is 49.6 Å². The smallest absolute Gasteiger partial charge is 0.246 e. The van der Waals surface area contributed by atoms with Crippen molar-refractivity contribution in [2.24, 2.45) is 0 Å². The summed E-state index contributed by atoms with van der Waals surface area (Å²) in [6.07, 6.45) is 6.90. The van der Waals surface area contributed by atoms with E-state index in [-0.39, 0.29) is 10.9 Å². The van der Waals surface area contributed by atoms with E-state index in [1.807, 2.05) is 60.7 Å². The number of aromatic nitrogens is 2. The maximum absolute atomic E-state index is 13.6. The van der Waals surface area contributed by atoms with Crippen LogP contribution in [0.2, 0.25) is 0 Å². The third-order valence-electron chi connectivity index (χ3n) is 5.71. The van der Waals surface area contributed by atoms with E-state index in [0.717, 1.165) is 36.8 Å². The van der Waals surface area contributed by atoms with Gasteiger partial charge in [-0.25, -0.2) is 8.42 Å². The van der Waals surface area contributed by atoms with E-state index in [1.165, 1.54) is 6.42 Å².